The summed E-state index contributed by atoms with van der Waals surface area (Å²) in [5, 5.41) is 12.2. The lowest BCUT2D eigenvalue weighted by Crippen LogP contribution is -2.22. The lowest BCUT2D eigenvalue weighted by atomic mass is 10.0. The van der Waals surface area contributed by atoms with Gasteiger partial charge in [0.1, 0.15) is 28.9 Å². The van der Waals surface area contributed by atoms with Gasteiger partial charge in [0.25, 0.3) is 0 Å². The van der Waals surface area contributed by atoms with E-state index in [1.165, 1.54) is 44.6 Å². The molecule has 0 N–H and O–H groups in total. The van der Waals surface area contributed by atoms with E-state index in [4.69, 9.17) is 14.2 Å². The number of alkyl halides is 3. The summed E-state index contributed by atoms with van der Waals surface area (Å²) in [6, 6.07) is 11.6. The molecule has 0 spiro atoms. The second kappa shape index (κ2) is 9.35. The Balaban J connectivity index is 1.71. The lowest BCUT2D eigenvalue weighted by molar-refractivity contribution is -0.254. The van der Waals surface area contributed by atoms with Crippen molar-refractivity contribution in [1.29, 1.82) is 0 Å². The van der Waals surface area contributed by atoms with Gasteiger partial charge in [0.05, 0.1) is 27.4 Å². The molecule has 0 saturated carbocycles. The molecule has 11 heteroatoms. The third kappa shape index (κ3) is 4.70. The average molecular weight is 491 g/mol. The van der Waals surface area contributed by atoms with Gasteiger partial charge in [0, 0.05) is 24.8 Å². The molecule has 4 rings (SSSR count). The van der Waals surface area contributed by atoms with Gasteiger partial charge in [-0.1, -0.05) is 18.2 Å². The monoisotopic (exact) mass is 491 g/mol. The van der Waals surface area contributed by atoms with Gasteiger partial charge in [-0.15, -0.1) is 11.3 Å². The summed E-state index contributed by atoms with van der Waals surface area (Å²) >= 11 is 0.859. The van der Waals surface area contributed by atoms with Gasteiger partial charge < -0.3 is 24.1 Å². The number of carboxylic acid groups (broad SMARTS) is 1. The number of methoxy groups -OCH3 is 1. The predicted octanol–water partition coefficient (Wildman–Crippen LogP) is 4.59. The first-order chi connectivity index (χ1) is 16.2. The summed E-state index contributed by atoms with van der Waals surface area (Å²) in [6.45, 7) is 1.47. The number of thiophene rings is 1. The van der Waals surface area contributed by atoms with Crippen LogP contribution in [0.1, 0.15) is 33.8 Å². The van der Waals surface area contributed by atoms with E-state index in [0.29, 0.717) is 21.8 Å². The van der Waals surface area contributed by atoms with Crippen molar-refractivity contribution < 1.29 is 37.3 Å². The van der Waals surface area contributed by atoms with Crippen molar-refractivity contribution in [3.8, 4) is 16.5 Å². The Kier molecular flexibility index (Phi) is 6.49. The van der Waals surface area contributed by atoms with Crippen molar-refractivity contribution in [3.05, 3.63) is 70.9 Å². The van der Waals surface area contributed by atoms with Gasteiger partial charge in [-0.05, 0) is 25.1 Å². The standard InChI is InChI=1S/C23H19F3N2O5S/c1-13(15-5-3-4-6-16(15)23(24,25)26)33-19-10-20(34-21(19)22(29)30)28-11-27-17-8-7-14(9-18(17)28)32-12-31-2/h3-11,13H,12H2,1-2H3,(H,29,30)/p-1/t13-/m1/s1. The van der Waals surface area contributed by atoms with E-state index < -0.39 is 23.8 Å². The van der Waals surface area contributed by atoms with Crippen LogP contribution in [-0.4, -0.2) is 29.4 Å². The predicted molar refractivity (Wildman–Crippen MR) is 116 cm³/mol. The van der Waals surface area contributed by atoms with Crippen LogP contribution in [0.5, 0.6) is 11.5 Å². The van der Waals surface area contributed by atoms with Crippen molar-refractivity contribution in [1.82, 2.24) is 9.55 Å². The molecule has 2 aromatic heterocycles. The number of imidazole rings is 1. The van der Waals surface area contributed by atoms with E-state index in [1.54, 1.807) is 22.8 Å². The quantitative estimate of drug-likeness (QED) is 0.335. The maximum absolute atomic E-state index is 13.4. The molecule has 0 bridgehead atoms. The molecule has 0 fully saturated rings. The number of ether oxygens (including phenoxy) is 3. The molecule has 2 heterocycles. The molecule has 0 amide bonds. The van der Waals surface area contributed by atoms with Crippen molar-refractivity contribution in [2.75, 3.05) is 13.9 Å². The number of hydrogen-bond acceptors (Lipinski definition) is 7. The normalized spacial score (nSPS) is 12.6. The van der Waals surface area contributed by atoms with Crippen molar-refractivity contribution in [3.63, 3.8) is 0 Å². The molecule has 0 unspecified atom stereocenters. The van der Waals surface area contributed by atoms with Gasteiger partial charge in [-0.3, -0.25) is 4.57 Å². The Hall–Kier alpha value is -3.57. The number of benzene rings is 2. The summed E-state index contributed by atoms with van der Waals surface area (Å²) in [6.07, 6.45) is -4.15. The summed E-state index contributed by atoms with van der Waals surface area (Å²) in [4.78, 5) is 15.8. The zero-order valence-electron chi connectivity index (χ0n) is 18.0. The minimum Gasteiger partial charge on any atom is -0.544 e. The Labute approximate surface area is 195 Å². The minimum absolute atomic E-state index is 0.0444. The van der Waals surface area contributed by atoms with Crippen LogP contribution in [-0.2, 0) is 10.9 Å². The van der Waals surface area contributed by atoms with Crippen molar-refractivity contribution in [2.24, 2.45) is 0 Å². The van der Waals surface area contributed by atoms with Gasteiger partial charge in [0.15, 0.2) is 6.79 Å². The molecule has 1 atom stereocenters. The van der Waals surface area contributed by atoms with E-state index in [1.807, 2.05) is 0 Å². The van der Waals surface area contributed by atoms with Crippen LogP contribution in [0.4, 0.5) is 13.2 Å². The van der Waals surface area contributed by atoms with E-state index in [2.05, 4.69) is 4.98 Å². The van der Waals surface area contributed by atoms with Crippen LogP contribution < -0.4 is 14.6 Å². The molecular weight excluding hydrogens is 473 g/mol. The van der Waals surface area contributed by atoms with Crippen LogP contribution in [0.2, 0.25) is 0 Å². The van der Waals surface area contributed by atoms with Gasteiger partial charge in [-0.2, -0.15) is 13.2 Å². The molecule has 0 aliphatic heterocycles. The number of aromatic nitrogens is 2. The summed E-state index contributed by atoms with van der Waals surface area (Å²) < 4.78 is 57.9. The highest BCUT2D eigenvalue weighted by molar-refractivity contribution is 7.16. The molecule has 178 valence electrons. The number of carbonyl (C=O) groups excluding carboxylic acids is 1. The highest BCUT2D eigenvalue weighted by atomic mass is 32.1. The third-order valence-corrected chi connectivity index (χ3v) is 6.07. The van der Waals surface area contributed by atoms with Crippen molar-refractivity contribution >= 4 is 28.3 Å². The molecule has 4 aromatic rings. The molecule has 0 saturated heterocycles. The van der Waals surface area contributed by atoms with Crippen molar-refractivity contribution in [2.45, 2.75) is 19.2 Å². The molecular formula is C23H18F3N2O5S-. The van der Waals surface area contributed by atoms with Gasteiger partial charge in [0.2, 0.25) is 0 Å². The first kappa shape index (κ1) is 23.6. The fourth-order valence-electron chi connectivity index (χ4n) is 3.45. The number of halogens is 3. The van der Waals surface area contributed by atoms with E-state index >= 15 is 0 Å². The van der Waals surface area contributed by atoms with Crippen LogP contribution in [0.15, 0.2) is 54.9 Å². The lowest BCUT2D eigenvalue weighted by Gasteiger charge is -2.20. The summed E-state index contributed by atoms with van der Waals surface area (Å²) in [7, 11) is 1.49. The number of carboxylic acids is 1. The second-order valence-electron chi connectivity index (χ2n) is 7.23. The highest BCUT2D eigenvalue weighted by Crippen LogP contribution is 2.39. The number of aromatic carboxylic acids is 1. The first-order valence-electron chi connectivity index (χ1n) is 9.96. The Morgan fingerprint density at radius 1 is 1.21 bits per heavy atom. The zero-order chi connectivity index (χ0) is 24.5. The van der Waals surface area contributed by atoms with Gasteiger partial charge in [-0.25, -0.2) is 4.98 Å². The number of rotatable bonds is 8. The maximum atomic E-state index is 13.4. The molecule has 0 aliphatic rings. The third-order valence-electron chi connectivity index (χ3n) is 4.98. The maximum Gasteiger partial charge on any atom is 0.416 e. The SMILES string of the molecule is COCOc1ccc2ncn(-c3cc(O[C@H](C)c4ccccc4C(F)(F)F)c(C(=O)[O-])s3)c2c1. The molecule has 34 heavy (non-hydrogen) atoms. The van der Waals surface area contributed by atoms with E-state index in [-0.39, 0.29) is 23.0 Å². The zero-order valence-corrected chi connectivity index (χ0v) is 18.8. The average Bonchev–Trinajstić information content (AvgIpc) is 3.40. The topological polar surface area (TPSA) is 85.6 Å². The molecule has 2 aromatic carbocycles. The van der Waals surface area contributed by atoms with Crippen LogP contribution >= 0.6 is 11.3 Å². The first-order valence-corrected chi connectivity index (χ1v) is 10.8. The van der Waals surface area contributed by atoms with Crippen LogP contribution in [0.25, 0.3) is 16.0 Å². The molecule has 0 radical (unpaired) electrons. The smallest absolute Gasteiger partial charge is 0.416 e. The van der Waals surface area contributed by atoms with Gasteiger partial charge >= 0.3 is 6.18 Å². The summed E-state index contributed by atoms with van der Waals surface area (Å²) in [5.74, 6) is -1.09. The fourth-order valence-corrected chi connectivity index (χ4v) is 4.36. The largest absolute Gasteiger partial charge is 0.544 e. The molecule has 7 nitrogen and oxygen atoms in total. The fraction of sp³-hybridized carbons (Fsp3) is 0.217. The Morgan fingerprint density at radius 3 is 2.68 bits per heavy atom. The minimum atomic E-state index is -4.58. The molecule has 0 aliphatic carbocycles. The number of hydrogen-bond donors (Lipinski definition) is 0. The van der Waals surface area contributed by atoms with E-state index in [9.17, 15) is 23.1 Å². The van der Waals surface area contributed by atoms with Crippen LogP contribution in [0.3, 0.4) is 0 Å². The Bertz CT molecular complexity index is 1330. The second-order valence-corrected chi connectivity index (χ2v) is 8.26. The summed E-state index contributed by atoms with van der Waals surface area (Å²) in [5.41, 5.74) is 0.294. The van der Waals surface area contributed by atoms with Crippen LogP contribution in [0, 0.1) is 0 Å². The number of carbonyl (C=O) groups is 1. The van der Waals surface area contributed by atoms with E-state index in [0.717, 1.165) is 17.4 Å². The highest BCUT2D eigenvalue weighted by Gasteiger charge is 2.34. The Morgan fingerprint density at radius 2 is 1.97 bits per heavy atom. The number of fused-ring (bicyclic) bond motifs is 1. The number of nitrogens with zero attached hydrogens (tertiary/aromatic N) is 2.